The van der Waals surface area contributed by atoms with E-state index in [1.807, 2.05) is 36.4 Å². The lowest BCUT2D eigenvalue weighted by molar-refractivity contribution is -0.115. The minimum absolute atomic E-state index is 0.141. The van der Waals surface area contributed by atoms with E-state index in [4.69, 9.17) is 21.6 Å². The summed E-state index contributed by atoms with van der Waals surface area (Å²) in [4.78, 5) is 12.3. The highest BCUT2D eigenvalue weighted by molar-refractivity contribution is 9.10. The van der Waals surface area contributed by atoms with Crippen molar-refractivity contribution in [3.05, 3.63) is 92.9 Å². The molecule has 3 aromatic rings. The number of amides is 1. The summed E-state index contributed by atoms with van der Waals surface area (Å²) in [6.45, 7) is 0.337. The molecule has 0 fully saturated rings. The summed E-state index contributed by atoms with van der Waals surface area (Å²) in [5.74, 6) is 0.486. The molecule has 1 amide bonds. The highest BCUT2D eigenvalue weighted by atomic mass is 79.9. The molecule has 0 aliphatic carbocycles. The number of benzene rings is 3. The zero-order valence-electron chi connectivity index (χ0n) is 14.8. The topological polar surface area (TPSA) is 62.1 Å². The Morgan fingerprint density at radius 3 is 2.64 bits per heavy atom. The highest BCUT2D eigenvalue weighted by Gasteiger charge is 2.09. The van der Waals surface area contributed by atoms with E-state index in [-0.39, 0.29) is 12.3 Å². The number of carbonyl (C=O) groups excluding carboxylic acids is 1. The molecule has 0 atom stereocenters. The number of halogens is 2. The molecule has 0 aliphatic heterocycles. The molecule has 0 radical (unpaired) electrons. The van der Waals surface area contributed by atoms with Gasteiger partial charge in [-0.2, -0.15) is 5.26 Å². The standard InChI is InChI=1S/C22H16BrClN2O2/c23-20-12-18(26-22(27)11-16-5-1-2-7-21(16)24)9-8-17(20)14-28-19-6-3-4-15(10-19)13-25/h1-10,12H,11,14H2,(H,26,27). The second-order valence-corrected chi connectivity index (χ2v) is 7.31. The van der Waals surface area contributed by atoms with Crippen LogP contribution in [0.15, 0.2) is 71.2 Å². The second-order valence-electron chi connectivity index (χ2n) is 6.05. The van der Waals surface area contributed by atoms with Crippen LogP contribution in [0.2, 0.25) is 5.02 Å². The minimum Gasteiger partial charge on any atom is -0.489 e. The Hall–Kier alpha value is -2.81. The fraction of sp³-hybridized carbons (Fsp3) is 0.0909. The normalized spacial score (nSPS) is 10.2. The molecule has 1 N–H and O–H groups in total. The summed E-state index contributed by atoms with van der Waals surface area (Å²) in [7, 11) is 0. The van der Waals surface area contributed by atoms with Gasteiger partial charge in [0.2, 0.25) is 5.91 Å². The minimum atomic E-state index is -0.141. The third-order valence-electron chi connectivity index (χ3n) is 4.00. The fourth-order valence-electron chi connectivity index (χ4n) is 2.58. The maximum atomic E-state index is 12.3. The van der Waals surface area contributed by atoms with Crippen LogP contribution in [0, 0.1) is 11.3 Å². The summed E-state index contributed by atoms with van der Waals surface area (Å²) in [6, 6.07) is 21.9. The summed E-state index contributed by atoms with van der Waals surface area (Å²) >= 11 is 9.61. The van der Waals surface area contributed by atoms with Crippen LogP contribution in [-0.4, -0.2) is 5.91 Å². The molecule has 0 spiro atoms. The number of hydrogen-bond acceptors (Lipinski definition) is 3. The van der Waals surface area contributed by atoms with Crippen LogP contribution in [-0.2, 0) is 17.8 Å². The van der Waals surface area contributed by atoms with E-state index >= 15 is 0 Å². The van der Waals surface area contributed by atoms with Crippen LogP contribution in [0.1, 0.15) is 16.7 Å². The van der Waals surface area contributed by atoms with Crippen LogP contribution in [0.3, 0.4) is 0 Å². The van der Waals surface area contributed by atoms with E-state index < -0.39 is 0 Å². The summed E-state index contributed by atoms with van der Waals surface area (Å²) < 4.78 is 6.56. The molecule has 6 heteroatoms. The highest BCUT2D eigenvalue weighted by Crippen LogP contribution is 2.24. The Labute approximate surface area is 176 Å². The van der Waals surface area contributed by atoms with Gasteiger partial charge < -0.3 is 10.1 Å². The van der Waals surface area contributed by atoms with Crippen molar-refractivity contribution in [2.24, 2.45) is 0 Å². The van der Waals surface area contributed by atoms with Gasteiger partial charge in [0.15, 0.2) is 0 Å². The lowest BCUT2D eigenvalue weighted by Crippen LogP contribution is -2.14. The van der Waals surface area contributed by atoms with E-state index in [0.29, 0.717) is 28.6 Å². The Balaban J connectivity index is 1.61. The van der Waals surface area contributed by atoms with E-state index in [0.717, 1.165) is 15.6 Å². The van der Waals surface area contributed by atoms with Crippen molar-refractivity contribution >= 4 is 39.1 Å². The van der Waals surface area contributed by atoms with Crippen molar-refractivity contribution in [2.45, 2.75) is 13.0 Å². The van der Waals surface area contributed by atoms with Gasteiger partial charge in [-0.3, -0.25) is 4.79 Å². The molecule has 3 rings (SSSR count). The van der Waals surface area contributed by atoms with Crippen LogP contribution < -0.4 is 10.1 Å². The molecule has 0 aliphatic rings. The number of nitrogens with zero attached hydrogens (tertiary/aromatic N) is 1. The average molecular weight is 456 g/mol. The molecule has 0 saturated carbocycles. The van der Waals surface area contributed by atoms with Gasteiger partial charge in [-0.15, -0.1) is 0 Å². The second kappa shape index (κ2) is 9.41. The number of nitriles is 1. The Morgan fingerprint density at radius 1 is 1.07 bits per heavy atom. The Kier molecular flexibility index (Phi) is 6.70. The first-order valence-corrected chi connectivity index (χ1v) is 9.67. The van der Waals surface area contributed by atoms with Gasteiger partial charge >= 0.3 is 0 Å². The number of ether oxygens (including phenoxy) is 1. The number of carbonyl (C=O) groups is 1. The predicted octanol–water partition coefficient (Wildman–Crippen LogP) is 5.73. The van der Waals surface area contributed by atoms with E-state index in [1.54, 1.807) is 30.3 Å². The first kappa shape index (κ1) is 19.9. The lowest BCUT2D eigenvalue weighted by atomic mass is 10.1. The van der Waals surface area contributed by atoms with Gasteiger partial charge in [0.1, 0.15) is 12.4 Å². The molecule has 4 nitrogen and oxygen atoms in total. The van der Waals surface area contributed by atoms with Crippen molar-refractivity contribution in [1.82, 2.24) is 0 Å². The van der Waals surface area contributed by atoms with Gasteiger partial charge in [-0.05, 0) is 42.0 Å². The molecule has 0 aromatic heterocycles. The van der Waals surface area contributed by atoms with E-state index in [1.165, 1.54) is 0 Å². The first-order chi connectivity index (χ1) is 13.5. The summed E-state index contributed by atoms with van der Waals surface area (Å²) in [6.07, 6.45) is 0.206. The maximum Gasteiger partial charge on any atom is 0.228 e. The monoisotopic (exact) mass is 454 g/mol. The first-order valence-electron chi connectivity index (χ1n) is 8.50. The number of rotatable bonds is 6. The van der Waals surface area contributed by atoms with Crippen molar-refractivity contribution in [2.75, 3.05) is 5.32 Å². The van der Waals surface area contributed by atoms with Crippen LogP contribution in [0.4, 0.5) is 5.69 Å². The van der Waals surface area contributed by atoms with Gasteiger partial charge in [-0.25, -0.2) is 0 Å². The van der Waals surface area contributed by atoms with Crippen molar-refractivity contribution in [1.29, 1.82) is 5.26 Å². The smallest absolute Gasteiger partial charge is 0.228 e. The van der Waals surface area contributed by atoms with Crippen molar-refractivity contribution in [3.63, 3.8) is 0 Å². The zero-order chi connectivity index (χ0) is 19.9. The fourth-order valence-corrected chi connectivity index (χ4v) is 3.27. The Morgan fingerprint density at radius 2 is 1.89 bits per heavy atom. The quantitative estimate of drug-likeness (QED) is 0.516. The van der Waals surface area contributed by atoms with Crippen LogP contribution in [0.5, 0.6) is 5.75 Å². The van der Waals surface area contributed by atoms with Crippen molar-refractivity contribution < 1.29 is 9.53 Å². The van der Waals surface area contributed by atoms with Gasteiger partial charge in [0.05, 0.1) is 18.1 Å². The Bertz CT molecular complexity index is 1050. The van der Waals surface area contributed by atoms with Gasteiger partial charge in [0, 0.05) is 20.7 Å². The molecule has 140 valence electrons. The number of hydrogen-bond donors (Lipinski definition) is 1. The number of nitrogens with one attached hydrogen (secondary N) is 1. The van der Waals surface area contributed by atoms with Crippen LogP contribution in [0.25, 0.3) is 0 Å². The molecule has 0 heterocycles. The third-order valence-corrected chi connectivity index (χ3v) is 5.11. The third kappa shape index (κ3) is 5.35. The molecular formula is C22H16BrClN2O2. The van der Waals surface area contributed by atoms with Gasteiger partial charge in [0.25, 0.3) is 0 Å². The molecule has 0 unspecified atom stereocenters. The molecule has 0 bridgehead atoms. The summed E-state index contributed by atoms with van der Waals surface area (Å²) in [5.41, 5.74) is 2.93. The average Bonchev–Trinajstić information content (AvgIpc) is 2.69. The summed E-state index contributed by atoms with van der Waals surface area (Å²) in [5, 5.41) is 12.4. The van der Waals surface area contributed by atoms with Gasteiger partial charge in [-0.1, -0.05) is 57.9 Å². The lowest BCUT2D eigenvalue weighted by Gasteiger charge is -2.11. The molecule has 28 heavy (non-hydrogen) atoms. The maximum absolute atomic E-state index is 12.3. The van der Waals surface area contributed by atoms with Crippen LogP contribution >= 0.6 is 27.5 Å². The molecule has 3 aromatic carbocycles. The van der Waals surface area contributed by atoms with Crippen molar-refractivity contribution in [3.8, 4) is 11.8 Å². The van der Waals surface area contributed by atoms with E-state index in [2.05, 4.69) is 27.3 Å². The zero-order valence-corrected chi connectivity index (χ0v) is 17.1. The van der Waals surface area contributed by atoms with E-state index in [9.17, 15) is 4.79 Å². The SMILES string of the molecule is N#Cc1cccc(OCc2ccc(NC(=O)Cc3ccccc3Cl)cc2Br)c1. The largest absolute Gasteiger partial charge is 0.489 e. The molecule has 0 saturated heterocycles. The predicted molar refractivity (Wildman–Crippen MR) is 113 cm³/mol. The number of anilines is 1. The molecular weight excluding hydrogens is 440 g/mol.